The topological polar surface area (TPSA) is 125 Å². The molecule has 5 amide bonds. The highest BCUT2D eigenvalue weighted by Gasteiger charge is 2.25. The summed E-state index contributed by atoms with van der Waals surface area (Å²) in [4.78, 5) is 37.5. The van der Waals surface area contributed by atoms with E-state index in [9.17, 15) is 22.8 Å². The average molecular weight is 465 g/mol. The third kappa shape index (κ3) is 6.69. The maximum atomic E-state index is 12.5. The zero-order chi connectivity index (χ0) is 23.1. The second-order valence-electron chi connectivity index (χ2n) is 8.61. The molecule has 1 aromatic rings. The molecule has 1 aliphatic heterocycles. The van der Waals surface area contributed by atoms with Crippen LogP contribution < -0.4 is 15.4 Å². The van der Waals surface area contributed by atoms with Crippen LogP contribution >= 0.6 is 0 Å². The van der Waals surface area contributed by atoms with Crippen LogP contribution in [0.15, 0.2) is 29.2 Å². The first-order valence-electron chi connectivity index (χ1n) is 11.3. The van der Waals surface area contributed by atoms with Crippen LogP contribution in [0.4, 0.5) is 9.59 Å². The van der Waals surface area contributed by atoms with E-state index in [4.69, 9.17) is 0 Å². The number of carbonyl (C=O) groups is 3. The number of urea groups is 2. The number of benzene rings is 1. The summed E-state index contributed by atoms with van der Waals surface area (Å²) in [6.45, 7) is 2.26. The van der Waals surface area contributed by atoms with Crippen molar-refractivity contribution in [2.24, 2.45) is 0 Å². The Labute approximate surface area is 189 Å². The number of likely N-dealkylation sites (tertiary alicyclic amines) is 1. The minimum atomic E-state index is -3.97. The number of nitrogens with one attached hydrogen (secondary N) is 3. The van der Waals surface area contributed by atoms with E-state index in [1.807, 2.05) is 6.92 Å². The lowest BCUT2D eigenvalue weighted by atomic mass is 9.96. The van der Waals surface area contributed by atoms with Crippen LogP contribution in [0, 0.1) is 0 Å². The highest BCUT2D eigenvalue weighted by molar-refractivity contribution is 7.90. The first-order valence-corrected chi connectivity index (χ1v) is 12.8. The smallest absolute Gasteiger partial charge is 0.328 e. The van der Waals surface area contributed by atoms with Crippen molar-refractivity contribution in [1.29, 1.82) is 0 Å². The summed E-state index contributed by atoms with van der Waals surface area (Å²) in [6, 6.07) is 4.86. The molecule has 0 aromatic heterocycles. The average Bonchev–Trinajstić information content (AvgIpc) is 2.74. The van der Waals surface area contributed by atoms with Crippen LogP contribution in [0.2, 0.25) is 0 Å². The summed E-state index contributed by atoms with van der Waals surface area (Å²) in [5, 5.41) is 5.55. The predicted octanol–water partition coefficient (Wildman–Crippen LogP) is 2.66. The third-order valence-corrected chi connectivity index (χ3v) is 7.23. The second-order valence-corrected chi connectivity index (χ2v) is 10.3. The highest BCUT2D eigenvalue weighted by Crippen LogP contribution is 2.18. The predicted molar refractivity (Wildman–Crippen MR) is 119 cm³/mol. The Morgan fingerprint density at radius 1 is 1.06 bits per heavy atom. The van der Waals surface area contributed by atoms with Gasteiger partial charge in [0.25, 0.3) is 10.0 Å². The third-order valence-electron chi connectivity index (χ3n) is 5.88. The Morgan fingerprint density at radius 3 is 2.41 bits per heavy atom. The molecule has 1 saturated heterocycles. The van der Waals surface area contributed by atoms with Crippen molar-refractivity contribution in [1.82, 2.24) is 20.3 Å². The maximum Gasteiger partial charge on any atom is 0.328 e. The Kier molecular flexibility index (Phi) is 8.11. The van der Waals surface area contributed by atoms with E-state index in [0.717, 1.165) is 50.5 Å². The molecule has 1 atom stereocenters. The number of nitrogens with zero attached hydrogens (tertiary/aromatic N) is 1. The Bertz CT molecular complexity index is 926. The molecule has 0 spiro atoms. The fraction of sp³-hybridized carbons (Fsp3) is 0.591. The molecule has 3 N–H and O–H groups in total. The van der Waals surface area contributed by atoms with Gasteiger partial charge in [0.2, 0.25) is 5.91 Å². The fourth-order valence-corrected chi connectivity index (χ4v) is 5.08. The molecule has 1 saturated carbocycles. The van der Waals surface area contributed by atoms with Gasteiger partial charge in [0.05, 0.1) is 4.90 Å². The van der Waals surface area contributed by atoms with Gasteiger partial charge in [-0.2, -0.15) is 0 Å². The van der Waals surface area contributed by atoms with E-state index >= 15 is 0 Å². The van der Waals surface area contributed by atoms with E-state index in [-0.39, 0.29) is 22.9 Å². The molecule has 1 heterocycles. The number of amides is 5. The summed E-state index contributed by atoms with van der Waals surface area (Å²) < 4.78 is 27.1. The Morgan fingerprint density at radius 2 is 1.75 bits per heavy atom. The van der Waals surface area contributed by atoms with Crippen molar-refractivity contribution in [3.8, 4) is 0 Å². The van der Waals surface area contributed by atoms with Gasteiger partial charge in [-0.3, -0.25) is 9.69 Å². The second kappa shape index (κ2) is 10.8. The normalized spacial score (nSPS) is 18.7. The largest absolute Gasteiger partial charge is 0.335 e. The minimum Gasteiger partial charge on any atom is -0.335 e. The summed E-state index contributed by atoms with van der Waals surface area (Å²) in [7, 11) is -3.97. The molecule has 9 nitrogen and oxygen atoms in total. The lowest BCUT2D eigenvalue weighted by Crippen LogP contribution is -2.49. The molecule has 3 rings (SSSR count). The van der Waals surface area contributed by atoms with Crippen molar-refractivity contribution in [2.75, 3.05) is 6.54 Å². The van der Waals surface area contributed by atoms with Gasteiger partial charge in [-0.05, 0) is 56.7 Å². The summed E-state index contributed by atoms with van der Waals surface area (Å²) in [5.74, 6) is -0.157. The molecule has 32 heavy (non-hydrogen) atoms. The lowest BCUT2D eigenvalue weighted by molar-refractivity contribution is -0.130. The summed E-state index contributed by atoms with van der Waals surface area (Å²) >= 11 is 0. The van der Waals surface area contributed by atoms with Gasteiger partial charge in [-0.15, -0.1) is 0 Å². The van der Waals surface area contributed by atoms with Crippen LogP contribution in [0.3, 0.4) is 0 Å². The van der Waals surface area contributed by atoms with Gasteiger partial charge in [-0.25, -0.2) is 22.7 Å². The van der Waals surface area contributed by atoms with Crippen molar-refractivity contribution >= 4 is 28.0 Å². The number of carbonyl (C=O) groups excluding carboxylic acids is 3. The lowest BCUT2D eigenvalue weighted by Gasteiger charge is -2.26. The van der Waals surface area contributed by atoms with Crippen LogP contribution in [-0.2, 0) is 21.2 Å². The van der Waals surface area contributed by atoms with Crippen LogP contribution in [0.1, 0.15) is 63.9 Å². The SMILES string of the molecule is CC(Cc1ccc(S(=O)(=O)NC(=O)NC2CCCCC2)cc1)NC(=O)N1CCCCC1=O. The Hall–Kier alpha value is -2.62. The first kappa shape index (κ1) is 24.0. The van der Waals surface area contributed by atoms with Crippen molar-refractivity contribution < 1.29 is 22.8 Å². The highest BCUT2D eigenvalue weighted by atomic mass is 32.2. The number of piperidine rings is 1. The van der Waals surface area contributed by atoms with Crippen LogP contribution in [0.25, 0.3) is 0 Å². The summed E-state index contributed by atoms with van der Waals surface area (Å²) in [5.41, 5.74) is 0.827. The van der Waals surface area contributed by atoms with Gasteiger partial charge in [0.15, 0.2) is 0 Å². The number of imide groups is 1. The molecule has 1 aliphatic carbocycles. The molecular weight excluding hydrogens is 432 g/mol. The van der Waals surface area contributed by atoms with Gasteiger partial charge in [-0.1, -0.05) is 31.4 Å². The van der Waals surface area contributed by atoms with Crippen LogP contribution in [0.5, 0.6) is 0 Å². The van der Waals surface area contributed by atoms with E-state index in [1.165, 1.54) is 17.0 Å². The zero-order valence-electron chi connectivity index (χ0n) is 18.4. The number of hydrogen-bond acceptors (Lipinski definition) is 5. The minimum absolute atomic E-state index is 0.00403. The van der Waals surface area contributed by atoms with Crippen molar-refractivity contribution in [3.63, 3.8) is 0 Å². The first-order chi connectivity index (χ1) is 15.2. The molecule has 1 unspecified atom stereocenters. The molecule has 2 aliphatic rings. The summed E-state index contributed by atoms with van der Waals surface area (Å²) in [6.07, 6.45) is 7.43. The molecule has 176 valence electrons. The number of hydrogen-bond donors (Lipinski definition) is 3. The van der Waals surface area contributed by atoms with E-state index in [1.54, 1.807) is 12.1 Å². The number of sulfonamides is 1. The monoisotopic (exact) mass is 464 g/mol. The van der Waals surface area contributed by atoms with Gasteiger partial charge < -0.3 is 10.6 Å². The van der Waals surface area contributed by atoms with E-state index in [2.05, 4.69) is 15.4 Å². The Balaban J connectivity index is 1.51. The zero-order valence-corrected chi connectivity index (χ0v) is 19.2. The molecule has 2 fully saturated rings. The fourth-order valence-electron chi connectivity index (χ4n) is 4.16. The standard InChI is InChI=1S/C22H32N4O5S/c1-16(23-22(29)26-14-6-5-9-20(26)27)15-17-10-12-19(13-11-17)32(30,31)25-21(28)24-18-7-3-2-4-8-18/h10-13,16,18H,2-9,14-15H2,1H3,(H,23,29)(H2,24,25,28). The quantitative estimate of drug-likeness (QED) is 0.597. The van der Waals surface area contributed by atoms with E-state index in [0.29, 0.717) is 19.4 Å². The van der Waals surface area contributed by atoms with Crippen molar-refractivity contribution in [3.05, 3.63) is 29.8 Å². The molecule has 0 bridgehead atoms. The molecule has 0 radical (unpaired) electrons. The number of rotatable bonds is 6. The van der Waals surface area contributed by atoms with Crippen molar-refractivity contribution in [2.45, 2.75) is 81.7 Å². The molecule has 1 aromatic carbocycles. The molecular formula is C22H32N4O5S. The van der Waals surface area contributed by atoms with Gasteiger partial charge in [0.1, 0.15) is 0 Å². The van der Waals surface area contributed by atoms with Gasteiger partial charge in [0, 0.05) is 25.0 Å². The molecule has 10 heteroatoms. The maximum absolute atomic E-state index is 12.5. The van der Waals surface area contributed by atoms with Gasteiger partial charge >= 0.3 is 12.1 Å². The van der Waals surface area contributed by atoms with Crippen LogP contribution in [-0.4, -0.2) is 49.9 Å². The van der Waals surface area contributed by atoms with E-state index < -0.39 is 22.1 Å².